The van der Waals surface area contributed by atoms with Gasteiger partial charge in [-0.3, -0.25) is 4.57 Å². The summed E-state index contributed by atoms with van der Waals surface area (Å²) in [5.41, 5.74) is 0.895. The first-order chi connectivity index (χ1) is 10.1. The highest BCUT2D eigenvalue weighted by Crippen LogP contribution is 2.24. The van der Waals surface area contributed by atoms with Gasteiger partial charge in [0.2, 0.25) is 0 Å². The summed E-state index contributed by atoms with van der Waals surface area (Å²) in [6.07, 6.45) is 0. The number of nitrogens with one attached hydrogen (secondary N) is 1. The molecule has 2 aromatic rings. The number of anilines is 1. The molecule has 3 heterocycles. The highest BCUT2D eigenvalue weighted by molar-refractivity contribution is 6.29. The van der Waals surface area contributed by atoms with Gasteiger partial charge in [0, 0.05) is 26.7 Å². The van der Waals surface area contributed by atoms with E-state index in [0.717, 1.165) is 6.54 Å². The first-order valence-corrected chi connectivity index (χ1v) is 7.11. The van der Waals surface area contributed by atoms with Gasteiger partial charge in [0.15, 0.2) is 5.82 Å². The lowest BCUT2D eigenvalue weighted by Crippen LogP contribution is -2.54. The summed E-state index contributed by atoms with van der Waals surface area (Å²) in [5.74, 6) is 0.483. The Morgan fingerprint density at radius 2 is 2.29 bits per heavy atom. The van der Waals surface area contributed by atoms with Crippen molar-refractivity contribution < 1.29 is 5.11 Å². The number of aliphatic hydroxyl groups is 1. The summed E-state index contributed by atoms with van der Waals surface area (Å²) in [6, 6.07) is 3.27. The van der Waals surface area contributed by atoms with Crippen LogP contribution in [0.15, 0.2) is 16.9 Å². The van der Waals surface area contributed by atoms with Gasteiger partial charge < -0.3 is 15.3 Å². The number of aryl methyl sites for hydroxylation is 1. The Bertz CT molecular complexity index is 732. The van der Waals surface area contributed by atoms with E-state index in [9.17, 15) is 9.90 Å². The van der Waals surface area contributed by atoms with Gasteiger partial charge in [-0.1, -0.05) is 11.6 Å². The average Bonchev–Trinajstić information content (AvgIpc) is 2.50. The maximum absolute atomic E-state index is 12.1. The van der Waals surface area contributed by atoms with Crippen molar-refractivity contribution in [2.24, 2.45) is 7.05 Å². The first-order valence-electron chi connectivity index (χ1n) is 6.73. The zero-order valence-corrected chi connectivity index (χ0v) is 12.3. The largest absolute Gasteiger partial charge is 0.394 e. The number of nitrogens with zero attached hydrogens (tertiary/aromatic N) is 4. The Morgan fingerprint density at radius 3 is 3.05 bits per heavy atom. The fourth-order valence-electron chi connectivity index (χ4n) is 2.59. The van der Waals surface area contributed by atoms with E-state index < -0.39 is 0 Å². The summed E-state index contributed by atoms with van der Waals surface area (Å²) >= 11 is 5.99. The Morgan fingerprint density at radius 1 is 1.48 bits per heavy atom. The second kappa shape index (κ2) is 5.59. The normalized spacial score (nSPS) is 19.2. The Balaban J connectivity index is 2.23. The number of pyridine rings is 1. The van der Waals surface area contributed by atoms with Crippen molar-refractivity contribution in [1.82, 2.24) is 19.9 Å². The highest BCUT2D eigenvalue weighted by Gasteiger charge is 2.26. The monoisotopic (exact) mass is 309 g/mol. The van der Waals surface area contributed by atoms with Gasteiger partial charge in [0.05, 0.1) is 18.2 Å². The molecule has 1 atom stereocenters. The molecule has 3 rings (SSSR count). The van der Waals surface area contributed by atoms with E-state index in [1.807, 2.05) is 4.90 Å². The molecule has 0 aliphatic carbocycles. The van der Waals surface area contributed by atoms with Crippen molar-refractivity contribution in [2.75, 3.05) is 31.1 Å². The fraction of sp³-hybridized carbons (Fsp3) is 0.462. The second-order valence-electron chi connectivity index (χ2n) is 5.01. The van der Waals surface area contributed by atoms with Gasteiger partial charge >= 0.3 is 5.69 Å². The molecule has 0 spiro atoms. The van der Waals surface area contributed by atoms with Gasteiger partial charge in [-0.05, 0) is 12.1 Å². The van der Waals surface area contributed by atoms with Crippen LogP contribution >= 0.6 is 11.6 Å². The van der Waals surface area contributed by atoms with Crippen LogP contribution in [0.1, 0.15) is 0 Å². The molecule has 112 valence electrons. The number of fused-ring (bicyclic) bond motifs is 1. The van der Waals surface area contributed by atoms with Crippen molar-refractivity contribution in [1.29, 1.82) is 0 Å². The van der Waals surface area contributed by atoms with Crippen molar-refractivity contribution in [3.8, 4) is 0 Å². The predicted octanol–water partition coefficient (Wildman–Crippen LogP) is -0.248. The number of hydrogen-bond donors (Lipinski definition) is 2. The zero-order valence-electron chi connectivity index (χ0n) is 11.6. The molecule has 1 aliphatic rings. The topological polar surface area (TPSA) is 83.3 Å². The second-order valence-corrected chi connectivity index (χ2v) is 5.40. The van der Waals surface area contributed by atoms with Gasteiger partial charge in [-0.15, -0.1) is 0 Å². The third kappa shape index (κ3) is 2.48. The van der Waals surface area contributed by atoms with E-state index >= 15 is 0 Å². The molecule has 0 saturated carbocycles. The first kappa shape index (κ1) is 14.2. The third-order valence-corrected chi connectivity index (χ3v) is 3.95. The fourth-order valence-corrected chi connectivity index (χ4v) is 2.74. The van der Waals surface area contributed by atoms with Crippen LogP contribution in [-0.2, 0) is 7.05 Å². The molecule has 1 unspecified atom stereocenters. The van der Waals surface area contributed by atoms with E-state index in [0.29, 0.717) is 35.1 Å². The van der Waals surface area contributed by atoms with Crippen molar-refractivity contribution >= 4 is 28.5 Å². The minimum Gasteiger partial charge on any atom is -0.394 e. The molecular weight excluding hydrogens is 294 g/mol. The number of hydrogen-bond acceptors (Lipinski definition) is 6. The standard InChI is InChI=1S/C13H16ClN5O2/c1-18-9-2-3-10(14)16-11(9)12(17-13(18)21)19-5-4-15-6-8(19)7-20/h2-3,8,15,20H,4-7H2,1H3. The summed E-state index contributed by atoms with van der Waals surface area (Å²) in [7, 11) is 1.65. The average molecular weight is 310 g/mol. The van der Waals surface area contributed by atoms with E-state index in [4.69, 9.17) is 11.6 Å². The summed E-state index contributed by atoms with van der Waals surface area (Å²) < 4.78 is 1.44. The van der Waals surface area contributed by atoms with Crippen molar-refractivity contribution in [3.63, 3.8) is 0 Å². The quantitative estimate of drug-likeness (QED) is 0.745. The lowest BCUT2D eigenvalue weighted by Gasteiger charge is -2.36. The Hall–Kier alpha value is -1.70. The molecule has 1 saturated heterocycles. The van der Waals surface area contributed by atoms with Crippen LogP contribution in [-0.4, -0.2) is 51.9 Å². The van der Waals surface area contributed by atoms with E-state index in [1.54, 1.807) is 19.2 Å². The minimum atomic E-state index is -0.350. The predicted molar refractivity (Wildman–Crippen MR) is 80.9 cm³/mol. The molecule has 2 N–H and O–H groups in total. The molecule has 0 radical (unpaired) electrons. The number of piperazine rings is 1. The summed E-state index contributed by atoms with van der Waals surface area (Å²) in [6.45, 7) is 2.02. The summed E-state index contributed by atoms with van der Waals surface area (Å²) in [4.78, 5) is 22.4. The summed E-state index contributed by atoms with van der Waals surface area (Å²) in [5, 5.41) is 13.1. The maximum Gasteiger partial charge on any atom is 0.349 e. The van der Waals surface area contributed by atoms with E-state index in [2.05, 4.69) is 15.3 Å². The number of rotatable bonds is 2. The molecular formula is C13H16ClN5O2. The Labute approximate surface area is 126 Å². The smallest absolute Gasteiger partial charge is 0.349 e. The van der Waals surface area contributed by atoms with Crippen LogP contribution < -0.4 is 15.9 Å². The van der Waals surface area contributed by atoms with Crippen LogP contribution in [0, 0.1) is 0 Å². The van der Waals surface area contributed by atoms with Gasteiger partial charge in [-0.25, -0.2) is 9.78 Å². The molecule has 21 heavy (non-hydrogen) atoms. The SMILES string of the molecule is Cn1c(=O)nc(N2CCNCC2CO)c2nc(Cl)ccc21. The van der Waals surface area contributed by atoms with Gasteiger partial charge in [0.1, 0.15) is 10.7 Å². The van der Waals surface area contributed by atoms with Gasteiger partial charge in [0.25, 0.3) is 0 Å². The highest BCUT2D eigenvalue weighted by atomic mass is 35.5. The number of aliphatic hydroxyl groups excluding tert-OH is 1. The van der Waals surface area contributed by atoms with Crippen LogP contribution in [0.4, 0.5) is 5.82 Å². The van der Waals surface area contributed by atoms with Crippen LogP contribution in [0.3, 0.4) is 0 Å². The molecule has 1 aliphatic heterocycles. The molecule has 7 nitrogen and oxygen atoms in total. The maximum atomic E-state index is 12.1. The van der Waals surface area contributed by atoms with Gasteiger partial charge in [-0.2, -0.15) is 4.98 Å². The lowest BCUT2D eigenvalue weighted by molar-refractivity contribution is 0.246. The zero-order chi connectivity index (χ0) is 15.0. The molecule has 0 amide bonds. The van der Waals surface area contributed by atoms with E-state index in [1.165, 1.54) is 4.57 Å². The van der Waals surface area contributed by atoms with Crippen LogP contribution in [0.5, 0.6) is 0 Å². The molecule has 0 aromatic carbocycles. The molecule has 8 heteroatoms. The Kier molecular flexibility index (Phi) is 3.79. The van der Waals surface area contributed by atoms with E-state index in [-0.39, 0.29) is 18.3 Å². The van der Waals surface area contributed by atoms with Crippen molar-refractivity contribution in [2.45, 2.75) is 6.04 Å². The number of halogens is 1. The van der Waals surface area contributed by atoms with Crippen molar-refractivity contribution in [3.05, 3.63) is 27.8 Å². The molecule has 1 fully saturated rings. The molecule has 0 bridgehead atoms. The van der Waals surface area contributed by atoms with Crippen LogP contribution in [0.2, 0.25) is 5.15 Å². The molecule has 2 aromatic heterocycles. The van der Waals surface area contributed by atoms with Crippen LogP contribution in [0.25, 0.3) is 11.0 Å². The number of aromatic nitrogens is 3. The lowest BCUT2D eigenvalue weighted by atomic mass is 10.2. The third-order valence-electron chi connectivity index (χ3n) is 3.73. The minimum absolute atomic E-state index is 0.0219.